The number of nitrogens with zero attached hydrogens (tertiary/aromatic N) is 2. The molecule has 3 rings (SSSR count). The number of aryl methyl sites for hydroxylation is 1. The van der Waals surface area contributed by atoms with E-state index in [0.717, 1.165) is 5.56 Å². The molecule has 2 aromatic carbocycles. The first-order valence-electron chi connectivity index (χ1n) is 10.9. The van der Waals surface area contributed by atoms with Crippen molar-refractivity contribution in [2.24, 2.45) is 0 Å². The van der Waals surface area contributed by atoms with Crippen LogP contribution in [0, 0.1) is 19.3 Å². The summed E-state index contributed by atoms with van der Waals surface area (Å²) in [5, 5.41) is 34.1. The molecule has 2 atom stereocenters. The van der Waals surface area contributed by atoms with Crippen LogP contribution in [-0.4, -0.2) is 55.2 Å². The Morgan fingerprint density at radius 2 is 1.89 bits per heavy atom. The molecule has 0 aliphatic carbocycles. The Kier molecular flexibility index (Phi) is 7.91. The Morgan fingerprint density at radius 1 is 1.14 bits per heavy atom. The van der Waals surface area contributed by atoms with Gasteiger partial charge in [0.2, 0.25) is 11.8 Å². The monoisotopic (exact) mass is 491 g/mol. The van der Waals surface area contributed by atoms with Crippen LogP contribution in [0.4, 0.5) is 11.6 Å². The number of carbonyl (C=O) groups is 3. The number of carboxylic acids is 2. The van der Waals surface area contributed by atoms with Crippen LogP contribution in [0.2, 0.25) is 0 Å². The molecule has 1 unspecified atom stereocenters. The Hall–Kier alpha value is -4.85. The van der Waals surface area contributed by atoms with Gasteiger partial charge < -0.3 is 31.7 Å². The molecule has 3 aromatic rings. The van der Waals surface area contributed by atoms with Gasteiger partial charge in [0.1, 0.15) is 6.04 Å². The number of nitrogens with one attached hydrogen (secondary N) is 2. The lowest BCUT2D eigenvalue weighted by atomic mass is 10.0. The predicted octanol–water partition coefficient (Wildman–Crippen LogP) is 1.93. The van der Waals surface area contributed by atoms with Crippen LogP contribution in [-0.2, 0) is 16.0 Å². The fraction of sp³-hybridized carbons (Fsp3) is 0.240. The summed E-state index contributed by atoms with van der Waals surface area (Å²) in [4.78, 5) is 42.5. The quantitative estimate of drug-likeness (QED) is 0.229. The molecular weight excluding hydrogens is 466 g/mol. The van der Waals surface area contributed by atoms with Crippen LogP contribution in [0.25, 0.3) is 10.9 Å². The normalized spacial score (nSPS) is 12.3. The van der Waals surface area contributed by atoms with Crippen LogP contribution < -0.4 is 16.4 Å². The topological polar surface area (TPSA) is 188 Å². The van der Waals surface area contributed by atoms with Gasteiger partial charge in [0.05, 0.1) is 16.9 Å². The molecule has 1 amide bonds. The Labute approximate surface area is 206 Å². The minimum absolute atomic E-state index is 0.0258. The van der Waals surface area contributed by atoms with E-state index in [1.54, 1.807) is 31.2 Å². The number of aliphatic carboxylic acids is 2. The number of fused-ring (bicyclic) bond motifs is 1. The molecular formula is C25H25N5O6. The lowest BCUT2D eigenvalue weighted by Crippen LogP contribution is -2.41. The molecule has 36 heavy (non-hydrogen) atoms. The number of hydrogen-bond donors (Lipinski definition) is 6. The van der Waals surface area contributed by atoms with Crippen molar-refractivity contribution in [2.75, 3.05) is 11.1 Å². The van der Waals surface area contributed by atoms with Crippen LogP contribution >= 0.6 is 0 Å². The van der Waals surface area contributed by atoms with Crippen molar-refractivity contribution in [1.29, 1.82) is 0 Å². The maximum atomic E-state index is 12.6. The number of amides is 1. The standard InChI is InChI=1S/C25H25N5O6/c1-3-15(11-14-4-7-19-18(12-14)23(34)30-25(26)29-19)27-16-5-6-17(13(2)10-16)22(33)28-20(24(35)36)8-9-21(31)32/h1,4-7,10,12,15,20,27H,8-9,11H2,2H3,(H,28,33)(H,31,32)(H,35,36)(H3,26,29,30,34)/t15?,20-/m0/s1. The van der Waals surface area contributed by atoms with Crippen molar-refractivity contribution in [3.05, 3.63) is 53.1 Å². The number of carbonyl (C=O) groups excluding carboxylic acids is 1. The number of nitrogens with two attached hydrogens (primary N) is 1. The summed E-state index contributed by atoms with van der Waals surface area (Å²) in [7, 11) is 0. The molecule has 11 heteroatoms. The van der Waals surface area contributed by atoms with Gasteiger partial charge in [-0.3, -0.25) is 9.59 Å². The second-order valence-electron chi connectivity index (χ2n) is 8.15. The molecule has 0 saturated heterocycles. The smallest absolute Gasteiger partial charge is 0.326 e. The van der Waals surface area contributed by atoms with Gasteiger partial charge in [-0.2, -0.15) is 4.98 Å². The summed E-state index contributed by atoms with van der Waals surface area (Å²) in [6.45, 7) is 1.69. The number of aromatic nitrogens is 2. The average molecular weight is 492 g/mol. The molecule has 0 aliphatic rings. The Bertz CT molecular complexity index is 1370. The van der Waals surface area contributed by atoms with Crippen LogP contribution in [0.3, 0.4) is 0 Å². The van der Waals surface area contributed by atoms with Gasteiger partial charge in [0.25, 0.3) is 5.91 Å². The third kappa shape index (κ3) is 6.38. The van der Waals surface area contributed by atoms with E-state index in [1.807, 2.05) is 6.07 Å². The first kappa shape index (κ1) is 25.8. The zero-order chi connectivity index (χ0) is 26.4. The van der Waals surface area contributed by atoms with E-state index in [9.17, 15) is 24.6 Å². The Balaban J connectivity index is 1.70. The number of terminal acetylenes is 1. The largest absolute Gasteiger partial charge is 0.493 e. The molecule has 0 aliphatic heterocycles. The molecule has 0 bridgehead atoms. The first-order chi connectivity index (χ1) is 17.1. The summed E-state index contributed by atoms with van der Waals surface area (Å²) in [6, 6.07) is 8.41. The van der Waals surface area contributed by atoms with Crippen molar-refractivity contribution in [2.45, 2.75) is 38.3 Å². The number of rotatable bonds is 10. The summed E-state index contributed by atoms with van der Waals surface area (Å²) in [6.07, 6.45) is 5.52. The molecule has 0 fully saturated rings. The van der Waals surface area contributed by atoms with E-state index in [0.29, 0.717) is 28.6 Å². The highest BCUT2D eigenvalue weighted by Crippen LogP contribution is 2.24. The van der Waals surface area contributed by atoms with E-state index in [4.69, 9.17) is 17.3 Å². The SMILES string of the molecule is C#CC(Cc1ccc2nc(N)nc(O)c2c1)Nc1ccc(C(=O)N[C@@H](CCC(=O)O)C(=O)O)c(C)c1. The fourth-order valence-electron chi connectivity index (χ4n) is 3.66. The van der Waals surface area contributed by atoms with Gasteiger partial charge in [-0.1, -0.05) is 12.0 Å². The molecule has 11 nitrogen and oxygen atoms in total. The molecule has 186 valence electrons. The number of nitrogen functional groups attached to an aromatic ring is 1. The summed E-state index contributed by atoms with van der Waals surface area (Å²) in [5.74, 6) is -0.655. The summed E-state index contributed by atoms with van der Waals surface area (Å²) in [5.41, 5.74) is 8.37. The van der Waals surface area contributed by atoms with Gasteiger partial charge in [0.15, 0.2) is 0 Å². The van der Waals surface area contributed by atoms with Crippen molar-refractivity contribution < 1.29 is 29.7 Å². The zero-order valence-corrected chi connectivity index (χ0v) is 19.4. The second-order valence-corrected chi connectivity index (χ2v) is 8.15. The van der Waals surface area contributed by atoms with Crippen LogP contribution in [0.15, 0.2) is 36.4 Å². The van der Waals surface area contributed by atoms with Gasteiger partial charge in [-0.25, -0.2) is 9.78 Å². The van der Waals surface area contributed by atoms with Gasteiger partial charge in [-0.05, 0) is 54.8 Å². The van der Waals surface area contributed by atoms with Crippen LogP contribution in [0.5, 0.6) is 5.88 Å². The molecule has 7 N–H and O–H groups in total. The van der Waals surface area contributed by atoms with Gasteiger partial charge >= 0.3 is 11.9 Å². The number of benzene rings is 2. The van der Waals surface area contributed by atoms with Crippen molar-refractivity contribution in [3.63, 3.8) is 0 Å². The predicted molar refractivity (Wildman–Crippen MR) is 133 cm³/mol. The van der Waals surface area contributed by atoms with Gasteiger partial charge in [-0.15, -0.1) is 6.42 Å². The second kappa shape index (κ2) is 11.1. The van der Waals surface area contributed by atoms with E-state index in [2.05, 4.69) is 26.5 Å². The van der Waals surface area contributed by atoms with E-state index in [1.165, 1.54) is 6.07 Å². The molecule has 1 aromatic heterocycles. The van der Waals surface area contributed by atoms with Crippen molar-refractivity contribution >= 4 is 40.4 Å². The maximum Gasteiger partial charge on any atom is 0.326 e. The summed E-state index contributed by atoms with van der Waals surface area (Å²) >= 11 is 0. The van der Waals surface area contributed by atoms with E-state index in [-0.39, 0.29) is 30.2 Å². The highest BCUT2D eigenvalue weighted by molar-refractivity contribution is 5.98. The maximum absolute atomic E-state index is 12.6. The Morgan fingerprint density at radius 3 is 2.53 bits per heavy atom. The number of carboxylic acid groups (broad SMARTS) is 2. The highest BCUT2D eigenvalue weighted by atomic mass is 16.4. The molecule has 0 spiro atoms. The van der Waals surface area contributed by atoms with Crippen molar-refractivity contribution in [1.82, 2.24) is 15.3 Å². The number of anilines is 2. The van der Waals surface area contributed by atoms with E-state index >= 15 is 0 Å². The first-order valence-corrected chi connectivity index (χ1v) is 10.9. The lowest BCUT2D eigenvalue weighted by molar-refractivity contribution is -0.140. The van der Waals surface area contributed by atoms with Crippen molar-refractivity contribution in [3.8, 4) is 18.2 Å². The van der Waals surface area contributed by atoms with Crippen LogP contribution in [0.1, 0.15) is 34.3 Å². The number of hydrogen-bond acceptors (Lipinski definition) is 8. The minimum atomic E-state index is -1.32. The average Bonchev–Trinajstić information content (AvgIpc) is 2.81. The summed E-state index contributed by atoms with van der Waals surface area (Å²) < 4.78 is 0. The third-order valence-electron chi connectivity index (χ3n) is 5.46. The minimum Gasteiger partial charge on any atom is -0.493 e. The zero-order valence-electron chi connectivity index (χ0n) is 19.4. The molecule has 0 saturated carbocycles. The molecule has 1 heterocycles. The molecule has 0 radical (unpaired) electrons. The van der Waals surface area contributed by atoms with E-state index < -0.39 is 29.9 Å². The van der Waals surface area contributed by atoms with Gasteiger partial charge in [0, 0.05) is 24.1 Å². The third-order valence-corrected chi connectivity index (χ3v) is 5.46. The number of aromatic hydroxyl groups is 1. The lowest BCUT2D eigenvalue weighted by Gasteiger charge is -2.18. The fourth-order valence-corrected chi connectivity index (χ4v) is 3.66. The highest BCUT2D eigenvalue weighted by Gasteiger charge is 2.22.